The number of rotatable bonds is 12. The fraction of sp³-hybridized carbons (Fsp3) is 0.406. The molecule has 1 N–H and O–H groups in total. The van der Waals surface area contributed by atoms with Crippen molar-refractivity contribution in [3.8, 4) is 5.75 Å². The van der Waals surface area contributed by atoms with Crippen LogP contribution in [0.2, 0.25) is 0 Å². The van der Waals surface area contributed by atoms with Gasteiger partial charge in [-0.1, -0.05) is 61.0 Å². The number of aromatic nitrogens is 2. The first kappa shape index (κ1) is 33.3. The molecule has 0 saturated carbocycles. The van der Waals surface area contributed by atoms with Gasteiger partial charge < -0.3 is 19.7 Å². The van der Waals surface area contributed by atoms with Gasteiger partial charge in [-0.3, -0.25) is 19.2 Å². The fourth-order valence-electron chi connectivity index (χ4n) is 3.78. The molecule has 1 saturated heterocycles. The average molecular weight is 564 g/mol. The number of carbonyl (C=O) groups excluding carboxylic acids is 2. The van der Waals surface area contributed by atoms with Crippen molar-refractivity contribution in [1.82, 2.24) is 19.6 Å². The van der Waals surface area contributed by atoms with Crippen LogP contribution in [0.25, 0.3) is 0 Å². The molecular formula is C32H45N5O4. The molecule has 2 aromatic carbocycles. The molecule has 1 aliphatic rings. The Bertz CT molecular complexity index is 1140. The van der Waals surface area contributed by atoms with E-state index in [0.29, 0.717) is 31.3 Å². The van der Waals surface area contributed by atoms with Crippen LogP contribution in [0.1, 0.15) is 30.9 Å². The number of carbonyl (C=O) groups is 2. The van der Waals surface area contributed by atoms with E-state index < -0.39 is 0 Å². The van der Waals surface area contributed by atoms with Crippen LogP contribution in [0, 0.1) is 6.92 Å². The Balaban J connectivity index is 0.000000276. The van der Waals surface area contributed by atoms with Crippen LogP contribution in [-0.2, 0) is 27.4 Å². The lowest BCUT2D eigenvalue weighted by Gasteiger charge is -2.22. The molecule has 1 fully saturated rings. The zero-order valence-corrected chi connectivity index (χ0v) is 24.9. The fourth-order valence-corrected chi connectivity index (χ4v) is 3.78. The number of aryl methyl sites for hydroxylation is 1. The third kappa shape index (κ3) is 13.3. The van der Waals surface area contributed by atoms with Gasteiger partial charge in [-0.25, -0.2) is 0 Å². The molecule has 1 aliphatic heterocycles. The van der Waals surface area contributed by atoms with Gasteiger partial charge in [-0.2, -0.15) is 5.10 Å². The zero-order chi connectivity index (χ0) is 29.9. The predicted octanol–water partition coefficient (Wildman–Crippen LogP) is 4.79. The van der Waals surface area contributed by atoms with Crippen LogP contribution in [0.3, 0.4) is 0 Å². The summed E-state index contributed by atoms with van der Waals surface area (Å²) in [5, 5.41) is 6.49. The molecule has 0 bridgehead atoms. The molecule has 0 radical (unpaired) electrons. The zero-order valence-electron chi connectivity index (χ0n) is 24.9. The summed E-state index contributed by atoms with van der Waals surface area (Å²) in [6.45, 7) is 11.4. The summed E-state index contributed by atoms with van der Waals surface area (Å²) in [6.07, 6.45) is 7.78. The molecule has 2 amide bonds. The number of hydrogen-bond acceptors (Lipinski definition) is 6. The third-order valence-corrected chi connectivity index (χ3v) is 6.39. The van der Waals surface area contributed by atoms with Gasteiger partial charge in [0.15, 0.2) is 0 Å². The van der Waals surface area contributed by atoms with E-state index >= 15 is 0 Å². The normalized spacial score (nSPS) is 13.7. The standard InChI is InChI=1S/C16H20N4O3.C12H17NO.C4H8/c1-13-3-5-15(6-4-13)23-8-7-19(2)16(22)11-20-10-14(9-18-20)17-12-21;1-13(12-7-8-14-10-12)9-11-5-3-2-4-6-11;1-3-4-2/h3-6,9-10,12H,7-8,11H2,1-2H3,(H,17,21);2-6,12H,7-10H2,1H3;3H,1,4H2,2H3/t;12-;/m.1./s1. The summed E-state index contributed by atoms with van der Waals surface area (Å²) in [6, 6.07) is 19.0. The lowest BCUT2D eigenvalue weighted by Crippen LogP contribution is -2.33. The van der Waals surface area contributed by atoms with Crippen molar-refractivity contribution in [3.05, 3.63) is 90.8 Å². The van der Waals surface area contributed by atoms with Crippen molar-refractivity contribution < 1.29 is 19.1 Å². The third-order valence-electron chi connectivity index (χ3n) is 6.39. The first-order valence-corrected chi connectivity index (χ1v) is 13.9. The Morgan fingerprint density at radius 2 is 1.90 bits per heavy atom. The summed E-state index contributed by atoms with van der Waals surface area (Å²) in [7, 11) is 3.89. The molecule has 0 spiro atoms. The summed E-state index contributed by atoms with van der Waals surface area (Å²) in [5.74, 6) is 0.700. The van der Waals surface area contributed by atoms with E-state index in [1.807, 2.05) is 37.3 Å². The van der Waals surface area contributed by atoms with Crippen LogP contribution in [0.15, 0.2) is 79.6 Å². The van der Waals surface area contributed by atoms with Gasteiger partial charge in [-0.15, -0.1) is 6.58 Å². The first-order chi connectivity index (χ1) is 19.9. The summed E-state index contributed by atoms with van der Waals surface area (Å²) in [5.41, 5.74) is 3.10. The highest BCUT2D eigenvalue weighted by atomic mass is 16.5. The summed E-state index contributed by atoms with van der Waals surface area (Å²) < 4.78 is 12.5. The second kappa shape index (κ2) is 19.2. The number of allylic oxidation sites excluding steroid dienone is 1. The first-order valence-electron chi connectivity index (χ1n) is 13.9. The Labute approximate surface area is 244 Å². The molecule has 41 heavy (non-hydrogen) atoms. The lowest BCUT2D eigenvalue weighted by molar-refractivity contribution is -0.131. The van der Waals surface area contributed by atoms with E-state index in [4.69, 9.17) is 9.47 Å². The van der Waals surface area contributed by atoms with E-state index in [-0.39, 0.29) is 12.5 Å². The van der Waals surface area contributed by atoms with Crippen LogP contribution in [0.4, 0.5) is 5.69 Å². The Hall–Kier alpha value is -3.95. The highest BCUT2D eigenvalue weighted by molar-refractivity contribution is 5.76. The molecular weight excluding hydrogens is 518 g/mol. The highest BCUT2D eigenvalue weighted by Gasteiger charge is 2.19. The van der Waals surface area contributed by atoms with Gasteiger partial charge in [0.25, 0.3) is 0 Å². The maximum absolute atomic E-state index is 12.1. The second-order valence-corrected chi connectivity index (χ2v) is 9.78. The quantitative estimate of drug-likeness (QED) is 0.252. The lowest BCUT2D eigenvalue weighted by atomic mass is 10.2. The van der Waals surface area contributed by atoms with Crippen molar-refractivity contribution in [2.75, 3.05) is 45.8 Å². The number of amides is 2. The minimum Gasteiger partial charge on any atom is -0.492 e. The van der Waals surface area contributed by atoms with Crippen molar-refractivity contribution in [3.63, 3.8) is 0 Å². The maximum Gasteiger partial charge on any atom is 0.244 e. The molecule has 3 aromatic rings. The highest BCUT2D eigenvalue weighted by Crippen LogP contribution is 2.14. The number of nitrogens with zero attached hydrogens (tertiary/aromatic N) is 4. The van der Waals surface area contributed by atoms with Gasteiger partial charge in [0.2, 0.25) is 12.3 Å². The number of hydrogen-bond donors (Lipinski definition) is 1. The molecule has 4 rings (SSSR count). The van der Waals surface area contributed by atoms with Crippen molar-refractivity contribution in [2.24, 2.45) is 0 Å². The van der Waals surface area contributed by atoms with Gasteiger partial charge in [-0.05, 0) is 44.5 Å². The summed E-state index contributed by atoms with van der Waals surface area (Å²) >= 11 is 0. The van der Waals surface area contributed by atoms with Gasteiger partial charge in [0, 0.05) is 32.4 Å². The van der Waals surface area contributed by atoms with Crippen molar-refractivity contribution in [1.29, 1.82) is 0 Å². The molecule has 0 aliphatic carbocycles. The SMILES string of the molecule is C=CCC.CN(Cc1ccccc1)[C@@H]1CCOC1.Cc1ccc(OCCN(C)C(=O)Cn2cc(NC=O)cn2)cc1. The topological polar surface area (TPSA) is 88.9 Å². The van der Waals surface area contributed by atoms with E-state index in [0.717, 1.165) is 31.9 Å². The van der Waals surface area contributed by atoms with Crippen LogP contribution in [-0.4, -0.2) is 78.4 Å². The number of likely N-dealkylation sites (N-methyl/N-ethyl adjacent to an activating group) is 2. The number of anilines is 1. The van der Waals surface area contributed by atoms with Gasteiger partial charge >= 0.3 is 0 Å². The molecule has 1 atom stereocenters. The monoisotopic (exact) mass is 563 g/mol. The molecule has 9 heteroatoms. The van der Waals surface area contributed by atoms with Gasteiger partial charge in [0.05, 0.1) is 25.0 Å². The maximum atomic E-state index is 12.1. The van der Waals surface area contributed by atoms with Crippen LogP contribution >= 0.6 is 0 Å². The molecule has 9 nitrogen and oxygen atoms in total. The van der Waals surface area contributed by atoms with E-state index in [9.17, 15) is 9.59 Å². The number of ether oxygens (including phenoxy) is 2. The second-order valence-electron chi connectivity index (χ2n) is 9.78. The van der Waals surface area contributed by atoms with Crippen LogP contribution in [0.5, 0.6) is 5.75 Å². The largest absolute Gasteiger partial charge is 0.492 e. The van der Waals surface area contributed by atoms with Crippen LogP contribution < -0.4 is 10.1 Å². The number of benzene rings is 2. The Morgan fingerprint density at radius 1 is 1.20 bits per heavy atom. The van der Waals surface area contributed by atoms with Crippen molar-refractivity contribution >= 4 is 18.0 Å². The van der Waals surface area contributed by atoms with Crippen molar-refractivity contribution in [2.45, 2.75) is 45.8 Å². The van der Waals surface area contributed by atoms with E-state index in [2.05, 4.69) is 66.2 Å². The Morgan fingerprint density at radius 3 is 2.51 bits per heavy atom. The smallest absolute Gasteiger partial charge is 0.244 e. The predicted molar refractivity (Wildman–Crippen MR) is 164 cm³/mol. The molecule has 0 unspecified atom stereocenters. The number of nitrogens with one attached hydrogen (secondary N) is 1. The molecule has 1 aromatic heterocycles. The summed E-state index contributed by atoms with van der Waals surface area (Å²) in [4.78, 5) is 26.4. The Kier molecular flexibility index (Phi) is 15.6. The van der Waals surface area contributed by atoms with E-state index in [1.165, 1.54) is 28.4 Å². The minimum absolute atomic E-state index is 0.0849. The van der Waals surface area contributed by atoms with E-state index in [1.54, 1.807) is 18.1 Å². The van der Waals surface area contributed by atoms with Gasteiger partial charge in [0.1, 0.15) is 18.9 Å². The molecule has 222 valence electrons. The molecule has 2 heterocycles. The minimum atomic E-state index is -0.0849. The average Bonchev–Trinajstić information content (AvgIpc) is 3.68.